The number of nitrogens with zero attached hydrogens (tertiary/aromatic N) is 6. The molecule has 1 fully saturated rings. The predicted molar refractivity (Wildman–Crippen MR) is 93.8 cm³/mol. The van der Waals surface area contributed by atoms with Crippen molar-refractivity contribution in [2.24, 2.45) is 0 Å². The first kappa shape index (κ1) is 15.8. The Balaban J connectivity index is 1.21. The van der Waals surface area contributed by atoms with Crippen LogP contribution in [0.5, 0.6) is 5.75 Å². The van der Waals surface area contributed by atoms with E-state index in [4.69, 9.17) is 4.74 Å². The van der Waals surface area contributed by atoms with Crippen molar-refractivity contribution >= 4 is 11.5 Å². The number of rotatable bonds is 6. The van der Waals surface area contributed by atoms with Gasteiger partial charge < -0.3 is 15.0 Å². The molecule has 0 radical (unpaired) electrons. The van der Waals surface area contributed by atoms with E-state index in [9.17, 15) is 0 Å². The van der Waals surface area contributed by atoms with Gasteiger partial charge in [0.05, 0.1) is 0 Å². The van der Waals surface area contributed by atoms with Gasteiger partial charge in [-0.15, -0.1) is 14.8 Å². The third kappa shape index (κ3) is 3.85. The zero-order valence-electron chi connectivity index (χ0n) is 14.0. The molecule has 0 saturated carbocycles. The van der Waals surface area contributed by atoms with Crippen LogP contribution in [0.2, 0.25) is 0 Å². The molecule has 1 aromatic carbocycles. The van der Waals surface area contributed by atoms with E-state index in [1.54, 1.807) is 0 Å². The number of anilines is 1. The second-order valence-corrected chi connectivity index (χ2v) is 6.10. The first-order valence-electron chi connectivity index (χ1n) is 8.60. The monoisotopic (exact) mass is 339 g/mol. The Morgan fingerprint density at radius 3 is 2.76 bits per heavy atom. The van der Waals surface area contributed by atoms with Crippen LogP contribution in [0.3, 0.4) is 0 Å². The molecule has 4 rings (SSSR count). The lowest BCUT2D eigenvalue weighted by Crippen LogP contribution is -2.44. The fourth-order valence-corrected chi connectivity index (χ4v) is 3.07. The third-order valence-electron chi connectivity index (χ3n) is 4.42. The minimum absolute atomic E-state index is 0.521. The number of aromatic nitrogens is 5. The molecule has 0 amide bonds. The van der Waals surface area contributed by atoms with E-state index in [0.717, 1.165) is 44.0 Å². The van der Waals surface area contributed by atoms with Crippen molar-refractivity contribution in [3.05, 3.63) is 42.5 Å². The van der Waals surface area contributed by atoms with Gasteiger partial charge in [-0.25, -0.2) is 0 Å². The average molecular weight is 339 g/mol. The number of fused-ring (bicyclic) bond motifs is 1. The molecule has 0 atom stereocenters. The quantitative estimate of drug-likeness (QED) is 0.675. The number of tetrazole rings is 1. The summed E-state index contributed by atoms with van der Waals surface area (Å²) < 4.78 is 7.19. The van der Waals surface area contributed by atoms with Crippen molar-refractivity contribution < 1.29 is 4.74 Å². The van der Waals surface area contributed by atoms with E-state index in [1.165, 1.54) is 4.63 Å². The Morgan fingerprint density at radius 1 is 1.08 bits per heavy atom. The lowest BCUT2D eigenvalue weighted by Gasteiger charge is -2.33. The summed E-state index contributed by atoms with van der Waals surface area (Å²) in [5, 5.41) is 19.4. The van der Waals surface area contributed by atoms with Gasteiger partial charge in [0, 0.05) is 25.7 Å². The van der Waals surface area contributed by atoms with E-state index in [0.29, 0.717) is 18.3 Å². The highest BCUT2D eigenvalue weighted by Gasteiger charge is 2.20. The van der Waals surface area contributed by atoms with E-state index < -0.39 is 0 Å². The minimum Gasteiger partial charge on any atom is -0.492 e. The van der Waals surface area contributed by atoms with E-state index in [2.05, 4.69) is 30.8 Å². The lowest BCUT2D eigenvalue weighted by molar-refractivity contribution is 0.296. The molecule has 25 heavy (non-hydrogen) atoms. The van der Waals surface area contributed by atoms with Crippen LogP contribution in [-0.2, 0) is 0 Å². The first-order valence-corrected chi connectivity index (χ1v) is 8.60. The molecule has 8 nitrogen and oxygen atoms in total. The van der Waals surface area contributed by atoms with Crippen molar-refractivity contribution in [1.29, 1.82) is 0 Å². The Labute approximate surface area is 145 Å². The van der Waals surface area contributed by atoms with Gasteiger partial charge in [0.2, 0.25) is 0 Å². The van der Waals surface area contributed by atoms with Gasteiger partial charge in [0.1, 0.15) is 12.4 Å². The maximum atomic E-state index is 5.72. The molecule has 1 N–H and O–H groups in total. The van der Waals surface area contributed by atoms with E-state index in [-0.39, 0.29) is 0 Å². The van der Waals surface area contributed by atoms with Gasteiger partial charge in [-0.1, -0.05) is 18.2 Å². The van der Waals surface area contributed by atoms with Gasteiger partial charge in [-0.05, 0) is 47.5 Å². The van der Waals surface area contributed by atoms with Crippen LogP contribution < -0.4 is 15.0 Å². The Hall–Kier alpha value is -2.74. The van der Waals surface area contributed by atoms with Crippen molar-refractivity contribution in [1.82, 2.24) is 30.6 Å². The van der Waals surface area contributed by atoms with Crippen LogP contribution >= 0.6 is 0 Å². The predicted octanol–water partition coefficient (Wildman–Crippen LogP) is 1.16. The summed E-state index contributed by atoms with van der Waals surface area (Å²) in [6, 6.07) is 14.3. The number of hydrogen-bond acceptors (Lipinski definition) is 7. The summed E-state index contributed by atoms with van der Waals surface area (Å²) >= 11 is 0. The summed E-state index contributed by atoms with van der Waals surface area (Å²) in [6.07, 6.45) is 2.17. The van der Waals surface area contributed by atoms with Crippen molar-refractivity contribution in [2.45, 2.75) is 18.9 Å². The number of piperidine rings is 1. The second kappa shape index (κ2) is 7.43. The number of ether oxygens (including phenoxy) is 1. The van der Waals surface area contributed by atoms with Crippen molar-refractivity contribution in [2.75, 3.05) is 31.1 Å². The van der Waals surface area contributed by atoms with E-state index >= 15 is 0 Å². The van der Waals surface area contributed by atoms with Crippen LogP contribution in [0, 0.1) is 0 Å². The maximum Gasteiger partial charge on any atom is 0.200 e. The van der Waals surface area contributed by atoms with Crippen LogP contribution in [0.25, 0.3) is 5.65 Å². The van der Waals surface area contributed by atoms with Crippen LogP contribution in [0.15, 0.2) is 42.5 Å². The molecule has 8 heteroatoms. The largest absolute Gasteiger partial charge is 0.492 e. The van der Waals surface area contributed by atoms with Crippen molar-refractivity contribution in [3.8, 4) is 5.75 Å². The third-order valence-corrected chi connectivity index (χ3v) is 4.42. The fourth-order valence-electron chi connectivity index (χ4n) is 3.07. The molecule has 0 spiro atoms. The van der Waals surface area contributed by atoms with Crippen molar-refractivity contribution in [3.63, 3.8) is 0 Å². The second-order valence-electron chi connectivity index (χ2n) is 6.10. The maximum absolute atomic E-state index is 5.72. The molecule has 3 aromatic rings. The zero-order chi connectivity index (χ0) is 16.9. The molecule has 0 unspecified atom stereocenters. The highest BCUT2D eigenvalue weighted by molar-refractivity contribution is 5.44. The molecule has 1 aliphatic rings. The highest BCUT2D eigenvalue weighted by Crippen LogP contribution is 2.17. The van der Waals surface area contributed by atoms with Gasteiger partial charge in [0.15, 0.2) is 11.5 Å². The molecular weight excluding hydrogens is 318 g/mol. The summed E-state index contributed by atoms with van der Waals surface area (Å²) in [5.74, 6) is 1.84. The Morgan fingerprint density at radius 2 is 1.92 bits per heavy atom. The molecule has 130 valence electrons. The van der Waals surface area contributed by atoms with Crippen LogP contribution in [0.1, 0.15) is 12.8 Å². The van der Waals surface area contributed by atoms with E-state index in [1.807, 2.05) is 42.5 Å². The standard InChI is InChI=1S/C17H21N7O/c1-2-4-15(5-3-1)25-13-10-18-14-8-11-23(12-9-14)17-7-6-16-19-21-22-24(16)20-17/h1-7,14,18H,8-13H2. The lowest BCUT2D eigenvalue weighted by atomic mass is 10.1. The average Bonchev–Trinajstić information content (AvgIpc) is 3.14. The van der Waals surface area contributed by atoms with Gasteiger partial charge in [0.25, 0.3) is 0 Å². The van der Waals surface area contributed by atoms with Gasteiger partial charge >= 0.3 is 0 Å². The minimum atomic E-state index is 0.521. The molecule has 0 bridgehead atoms. The molecule has 0 aliphatic carbocycles. The highest BCUT2D eigenvalue weighted by atomic mass is 16.5. The normalized spacial score (nSPS) is 15.6. The number of hydrogen-bond donors (Lipinski definition) is 1. The molecule has 3 heterocycles. The molecule has 1 aliphatic heterocycles. The number of nitrogens with one attached hydrogen (secondary N) is 1. The molecule has 2 aromatic heterocycles. The topological polar surface area (TPSA) is 80.5 Å². The fraction of sp³-hybridized carbons (Fsp3) is 0.412. The SMILES string of the molecule is c1ccc(OCCNC2CCN(c3ccc4nnnn4n3)CC2)cc1. The zero-order valence-corrected chi connectivity index (χ0v) is 14.0. The summed E-state index contributed by atoms with van der Waals surface area (Å²) in [5.41, 5.74) is 0.665. The first-order chi connectivity index (χ1) is 12.4. The summed E-state index contributed by atoms with van der Waals surface area (Å²) in [7, 11) is 0. The Bertz CT molecular complexity index is 799. The number of para-hydroxylation sites is 1. The van der Waals surface area contributed by atoms with Gasteiger partial charge in [-0.3, -0.25) is 0 Å². The van der Waals surface area contributed by atoms with Crippen LogP contribution in [0.4, 0.5) is 5.82 Å². The van der Waals surface area contributed by atoms with Crippen LogP contribution in [-0.4, -0.2) is 57.5 Å². The molecule has 1 saturated heterocycles. The number of benzene rings is 1. The molecular formula is C17H21N7O. The Kier molecular flexibility index (Phi) is 4.69. The smallest absolute Gasteiger partial charge is 0.200 e. The summed E-state index contributed by atoms with van der Waals surface area (Å²) in [4.78, 5) is 2.28. The van der Waals surface area contributed by atoms with Gasteiger partial charge in [-0.2, -0.15) is 0 Å². The summed E-state index contributed by atoms with van der Waals surface area (Å²) in [6.45, 7) is 3.48.